The number of benzene rings is 1. The molecule has 1 amide bonds. The SMILES string of the molecule is CCCCOC(=O)C1=C(N)OC(CC(=O)OCC)=C(C(=O)OCC)[C@]12C(=O)N(C)c1ccccc12. The molecule has 0 fully saturated rings. The molecule has 2 aliphatic heterocycles. The van der Waals surface area contributed by atoms with Crippen molar-refractivity contribution in [2.75, 3.05) is 31.8 Å². The van der Waals surface area contributed by atoms with Gasteiger partial charge in [0.05, 0.1) is 19.8 Å². The minimum Gasteiger partial charge on any atom is -0.466 e. The average Bonchev–Trinajstić information content (AvgIpc) is 3.02. The number of esters is 3. The second-order valence-electron chi connectivity index (χ2n) is 7.96. The molecule has 1 aromatic carbocycles. The third kappa shape index (κ3) is 4.36. The largest absolute Gasteiger partial charge is 0.466 e. The highest BCUT2D eigenvalue weighted by atomic mass is 16.6. The van der Waals surface area contributed by atoms with Crippen molar-refractivity contribution in [1.82, 2.24) is 0 Å². The van der Waals surface area contributed by atoms with Crippen LogP contribution in [0.2, 0.25) is 0 Å². The number of likely N-dealkylation sites (N-methyl/N-ethyl adjacent to an activating group) is 1. The van der Waals surface area contributed by atoms with Crippen molar-refractivity contribution in [2.45, 2.75) is 45.4 Å². The van der Waals surface area contributed by atoms with Crippen LogP contribution in [0.4, 0.5) is 5.69 Å². The van der Waals surface area contributed by atoms with Gasteiger partial charge < -0.3 is 29.6 Å². The maximum Gasteiger partial charge on any atom is 0.341 e. The van der Waals surface area contributed by atoms with Gasteiger partial charge in [-0.3, -0.25) is 9.59 Å². The Balaban J connectivity index is 2.34. The summed E-state index contributed by atoms with van der Waals surface area (Å²) in [4.78, 5) is 54.5. The Kier molecular flexibility index (Phi) is 7.83. The first-order valence-electron chi connectivity index (χ1n) is 11.5. The van der Waals surface area contributed by atoms with Gasteiger partial charge in [-0.05, 0) is 26.3 Å². The number of amides is 1. The molecule has 2 aliphatic rings. The molecule has 1 spiro atoms. The van der Waals surface area contributed by atoms with E-state index in [-0.39, 0.29) is 36.7 Å². The molecule has 0 aliphatic carbocycles. The van der Waals surface area contributed by atoms with Crippen molar-refractivity contribution in [1.29, 1.82) is 0 Å². The third-order valence-corrected chi connectivity index (χ3v) is 5.83. The molecular formula is C25H30N2O8. The molecule has 1 atom stereocenters. The van der Waals surface area contributed by atoms with E-state index in [2.05, 4.69) is 0 Å². The second kappa shape index (κ2) is 10.6. The number of para-hydroxylation sites is 1. The highest BCUT2D eigenvalue weighted by Crippen LogP contribution is 2.54. The van der Waals surface area contributed by atoms with Gasteiger partial charge in [0.15, 0.2) is 0 Å². The Morgan fingerprint density at radius 1 is 1.00 bits per heavy atom. The standard InChI is InChI=1S/C25H30N2O8/c1-5-8-13-34-23(30)20-21(26)35-17(14-18(28)32-6-2)19(22(29)33-7-3)25(20)15-11-9-10-12-16(15)27(4)24(25)31/h9-12H,5-8,13-14,26H2,1-4H3/t25-/m0/s1. The van der Waals surface area contributed by atoms with Gasteiger partial charge in [-0.15, -0.1) is 0 Å². The highest BCUT2D eigenvalue weighted by Gasteiger charge is 2.63. The molecule has 10 heteroatoms. The lowest BCUT2D eigenvalue weighted by atomic mass is 9.67. The van der Waals surface area contributed by atoms with E-state index < -0.39 is 41.5 Å². The summed E-state index contributed by atoms with van der Waals surface area (Å²) in [6.07, 6.45) is 0.860. The first kappa shape index (κ1) is 25.8. The van der Waals surface area contributed by atoms with E-state index in [9.17, 15) is 19.2 Å². The van der Waals surface area contributed by atoms with Gasteiger partial charge in [-0.1, -0.05) is 31.5 Å². The zero-order chi connectivity index (χ0) is 25.8. The predicted octanol–water partition coefficient (Wildman–Crippen LogP) is 2.22. The van der Waals surface area contributed by atoms with E-state index in [1.165, 1.54) is 11.9 Å². The quantitative estimate of drug-likeness (QED) is 0.317. The van der Waals surface area contributed by atoms with E-state index in [0.717, 1.165) is 6.42 Å². The molecule has 1 aromatic rings. The van der Waals surface area contributed by atoms with E-state index in [0.29, 0.717) is 17.7 Å². The maximum atomic E-state index is 14.0. The summed E-state index contributed by atoms with van der Waals surface area (Å²) >= 11 is 0. The summed E-state index contributed by atoms with van der Waals surface area (Å²) in [6, 6.07) is 6.70. The molecule has 35 heavy (non-hydrogen) atoms. The van der Waals surface area contributed by atoms with Crippen LogP contribution < -0.4 is 10.6 Å². The maximum absolute atomic E-state index is 14.0. The van der Waals surface area contributed by atoms with Crippen molar-refractivity contribution < 1.29 is 38.1 Å². The highest BCUT2D eigenvalue weighted by molar-refractivity contribution is 6.22. The molecule has 0 unspecified atom stereocenters. The number of rotatable bonds is 9. The number of hydrogen-bond acceptors (Lipinski definition) is 9. The lowest BCUT2D eigenvalue weighted by molar-refractivity contribution is -0.144. The monoisotopic (exact) mass is 486 g/mol. The molecule has 10 nitrogen and oxygen atoms in total. The van der Waals surface area contributed by atoms with Crippen LogP contribution >= 0.6 is 0 Å². The van der Waals surface area contributed by atoms with E-state index in [1.54, 1.807) is 38.1 Å². The average molecular weight is 487 g/mol. The van der Waals surface area contributed by atoms with Crippen LogP contribution in [-0.2, 0) is 43.5 Å². The van der Waals surface area contributed by atoms with E-state index in [4.69, 9.17) is 24.7 Å². The minimum atomic E-state index is -2.02. The Hall–Kier alpha value is -3.82. The minimum absolute atomic E-state index is 0.0216. The van der Waals surface area contributed by atoms with Crippen LogP contribution in [0.25, 0.3) is 0 Å². The number of anilines is 1. The van der Waals surface area contributed by atoms with Gasteiger partial charge in [-0.2, -0.15) is 0 Å². The number of carbonyl (C=O) groups is 4. The van der Waals surface area contributed by atoms with E-state index >= 15 is 0 Å². The smallest absolute Gasteiger partial charge is 0.341 e. The number of hydrogen-bond donors (Lipinski definition) is 1. The van der Waals surface area contributed by atoms with Crippen molar-refractivity contribution in [3.8, 4) is 0 Å². The normalized spacial score (nSPS) is 19.0. The molecule has 0 bridgehead atoms. The fraction of sp³-hybridized carbons (Fsp3) is 0.440. The second-order valence-corrected chi connectivity index (χ2v) is 7.96. The van der Waals surface area contributed by atoms with Crippen molar-refractivity contribution in [2.24, 2.45) is 5.73 Å². The molecule has 0 aromatic heterocycles. The third-order valence-electron chi connectivity index (χ3n) is 5.83. The molecule has 0 saturated carbocycles. The Bertz CT molecular complexity index is 1110. The van der Waals surface area contributed by atoms with Crippen molar-refractivity contribution >= 4 is 29.5 Å². The van der Waals surface area contributed by atoms with Crippen LogP contribution in [0, 0.1) is 0 Å². The Morgan fingerprint density at radius 3 is 2.31 bits per heavy atom. The zero-order valence-corrected chi connectivity index (χ0v) is 20.3. The van der Waals surface area contributed by atoms with Crippen LogP contribution in [0.3, 0.4) is 0 Å². The summed E-state index contributed by atoms with van der Waals surface area (Å²) in [5, 5.41) is 0. The zero-order valence-electron chi connectivity index (χ0n) is 20.3. The van der Waals surface area contributed by atoms with Crippen LogP contribution in [0.5, 0.6) is 0 Å². The van der Waals surface area contributed by atoms with Crippen LogP contribution in [-0.4, -0.2) is 50.7 Å². The van der Waals surface area contributed by atoms with Gasteiger partial charge >= 0.3 is 17.9 Å². The summed E-state index contributed by atoms with van der Waals surface area (Å²) < 4.78 is 21.4. The van der Waals surface area contributed by atoms with Gasteiger partial charge in [0.2, 0.25) is 11.8 Å². The predicted molar refractivity (Wildman–Crippen MR) is 125 cm³/mol. The van der Waals surface area contributed by atoms with Gasteiger partial charge in [0.1, 0.15) is 28.7 Å². The summed E-state index contributed by atoms with van der Waals surface area (Å²) in [6.45, 7) is 5.32. The number of ether oxygens (including phenoxy) is 4. The van der Waals surface area contributed by atoms with Gasteiger partial charge in [0.25, 0.3) is 0 Å². The Morgan fingerprint density at radius 2 is 1.66 bits per heavy atom. The number of nitrogens with two attached hydrogens (primary N) is 1. The van der Waals surface area contributed by atoms with Gasteiger partial charge in [0, 0.05) is 18.3 Å². The Labute approximate surface area is 203 Å². The topological polar surface area (TPSA) is 134 Å². The fourth-order valence-corrected chi connectivity index (χ4v) is 4.37. The van der Waals surface area contributed by atoms with Crippen molar-refractivity contribution in [3.63, 3.8) is 0 Å². The summed E-state index contributed by atoms with van der Waals surface area (Å²) in [5.41, 5.74) is 4.36. The first-order valence-corrected chi connectivity index (χ1v) is 11.5. The van der Waals surface area contributed by atoms with Crippen LogP contribution in [0.1, 0.15) is 45.6 Å². The van der Waals surface area contributed by atoms with Crippen LogP contribution in [0.15, 0.2) is 47.1 Å². The number of fused-ring (bicyclic) bond motifs is 2. The molecular weight excluding hydrogens is 456 g/mol. The van der Waals surface area contributed by atoms with Crippen molar-refractivity contribution in [3.05, 3.63) is 52.6 Å². The number of nitrogens with zero attached hydrogens (tertiary/aromatic N) is 1. The van der Waals surface area contributed by atoms with E-state index in [1.807, 2.05) is 6.92 Å². The molecule has 0 saturated heterocycles. The summed E-state index contributed by atoms with van der Waals surface area (Å²) in [5.74, 6) is -3.80. The first-order chi connectivity index (χ1) is 16.7. The molecule has 188 valence electrons. The molecule has 2 N–H and O–H groups in total. The summed E-state index contributed by atoms with van der Waals surface area (Å²) in [7, 11) is 1.52. The molecule has 3 rings (SSSR count). The lowest BCUT2D eigenvalue weighted by Gasteiger charge is -2.36. The lowest BCUT2D eigenvalue weighted by Crippen LogP contribution is -2.50. The molecule has 2 heterocycles. The van der Waals surface area contributed by atoms with Gasteiger partial charge in [-0.25, -0.2) is 9.59 Å². The number of unbranched alkanes of at least 4 members (excludes halogenated alkanes) is 1. The molecule has 0 radical (unpaired) electrons. The number of carbonyl (C=O) groups excluding carboxylic acids is 4. The fourth-order valence-electron chi connectivity index (χ4n) is 4.37.